The number of H-pyrrole nitrogens is 2. The van der Waals surface area contributed by atoms with Crippen molar-refractivity contribution >= 4 is 5.97 Å². The van der Waals surface area contributed by atoms with Crippen molar-refractivity contribution in [2.45, 2.75) is 45.1 Å². The van der Waals surface area contributed by atoms with Crippen LogP contribution in [-0.2, 0) is 4.79 Å². The lowest BCUT2D eigenvalue weighted by molar-refractivity contribution is -0.159. The molecule has 7 nitrogen and oxygen atoms in total. The molecule has 1 aliphatic rings. The maximum absolute atomic E-state index is 12.1. The highest BCUT2D eigenvalue weighted by Crippen LogP contribution is 2.48. The Labute approximate surface area is 127 Å². The molecule has 0 saturated heterocycles. The van der Waals surface area contributed by atoms with Gasteiger partial charge < -0.3 is 15.2 Å². The molecule has 7 heteroatoms. The van der Waals surface area contributed by atoms with Gasteiger partial charge in [0, 0.05) is 17.7 Å². The summed E-state index contributed by atoms with van der Waals surface area (Å²) in [4.78, 5) is 39.6. The molecule has 4 atom stereocenters. The van der Waals surface area contributed by atoms with Crippen LogP contribution in [0.25, 0.3) is 0 Å². The molecule has 0 bridgehead atoms. The first kappa shape index (κ1) is 16.5. The molecule has 0 radical (unpaired) electrons. The summed E-state index contributed by atoms with van der Waals surface area (Å²) in [5.41, 5.74) is -2.41. The normalized spacial score (nSPS) is 32.1. The number of carboxylic acid groups (broad SMARTS) is 1. The average Bonchev–Trinajstić information content (AvgIpc) is 2.36. The fraction of sp³-hybridized carbons (Fsp3) is 0.667. The van der Waals surface area contributed by atoms with Crippen molar-refractivity contribution in [1.29, 1.82) is 0 Å². The van der Waals surface area contributed by atoms with Crippen LogP contribution in [0.1, 0.15) is 45.1 Å². The van der Waals surface area contributed by atoms with E-state index in [0.717, 1.165) is 0 Å². The minimum Gasteiger partial charge on any atom is -0.481 e. The first-order valence-electron chi connectivity index (χ1n) is 7.42. The van der Waals surface area contributed by atoms with Gasteiger partial charge in [-0.25, -0.2) is 4.79 Å². The second kappa shape index (κ2) is 5.72. The van der Waals surface area contributed by atoms with Gasteiger partial charge in [-0.05, 0) is 31.6 Å². The van der Waals surface area contributed by atoms with Gasteiger partial charge in [-0.15, -0.1) is 0 Å². The highest BCUT2D eigenvalue weighted by Gasteiger charge is 2.51. The zero-order chi connectivity index (χ0) is 16.7. The van der Waals surface area contributed by atoms with E-state index in [0.29, 0.717) is 12.8 Å². The average molecular weight is 310 g/mol. The van der Waals surface area contributed by atoms with Gasteiger partial charge in [-0.3, -0.25) is 14.6 Å². The Morgan fingerprint density at radius 3 is 2.55 bits per heavy atom. The number of nitrogens with one attached hydrogen (secondary N) is 2. The van der Waals surface area contributed by atoms with Crippen molar-refractivity contribution in [3.63, 3.8) is 0 Å². The van der Waals surface area contributed by atoms with Crippen molar-refractivity contribution in [2.24, 2.45) is 17.8 Å². The summed E-state index contributed by atoms with van der Waals surface area (Å²) in [7, 11) is 0. The van der Waals surface area contributed by atoms with Gasteiger partial charge in [0.05, 0.1) is 11.5 Å². The molecule has 1 aliphatic carbocycles. The first-order valence-corrected chi connectivity index (χ1v) is 7.42. The third-order valence-corrected chi connectivity index (χ3v) is 4.80. The number of aliphatic hydroxyl groups is 1. The van der Waals surface area contributed by atoms with Gasteiger partial charge in [0.2, 0.25) is 0 Å². The Morgan fingerprint density at radius 2 is 2.05 bits per heavy atom. The molecule has 1 heterocycles. The maximum Gasteiger partial charge on any atom is 0.325 e. The molecule has 1 aromatic rings. The van der Waals surface area contributed by atoms with Crippen LogP contribution in [-0.4, -0.2) is 31.8 Å². The molecule has 1 aromatic heterocycles. The minimum absolute atomic E-state index is 0.0617. The molecule has 0 amide bonds. The van der Waals surface area contributed by atoms with Crippen LogP contribution in [0.5, 0.6) is 0 Å². The van der Waals surface area contributed by atoms with Crippen LogP contribution >= 0.6 is 0 Å². The summed E-state index contributed by atoms with van der Waals surface area (Å²) in [6.45, 7) is 5.43. The van der Waals surface area contributed by atoms with E-state index < -0.39 is 34.7 Å². The van der Waals surface area contributed by atoms with Crippen molar-refractivity contribution < 1.29 is 15.0 Å². The predicted octanol–water partition coefficient (Wildman–Crippen LogP) is 0.665. The number of carboxylic acids is 1. The van der Waals surface area contributed by atoms with Crippen LogP contribution in [0, 0.1) is 17.8 Å². The van der Waals surface area contributed by atoms with Crippen molar-refractivity contribution in [3.8, 4) is 0 Å². The Bertz CT molecular complexity index is 673. The molecule has 1 saturated carbocycles. The Balaban J connectivity index is 2.63. The molecular weight excluding hydrogens is 288 g/mol. The van der Waals surface area contributed by atoms with Crippen LogP contribution in [0.15, 0.2) is 15.8 Å². The van der Waals surface area contributed by atoms with E-state index in [9.17, 15) is 24.6 Å². The molecule has 22 heavy (non-hydrogen) atoms. The van der Waals surface area contributed by atoms with Gasteiger partial charge >= 0.3 is 11.7 Å². The van der Waals surface area contributed by atoms with Gasteiger partial charge in [0.25, 0.3) is 5.56 Å². The number of aliphatic carboxylic acids is 1. The van der Waals surface area contributed by atoms with E-state index in [1.807, 2.05) is 13.8 Å². The number of hydrogen-bond acceptors (Lipinski definition) is 4. The maximum atomic E-state index is 12.1. The fourth-order valence-corrected chi connectivity index (χ4v) is 3.67. The topological polar surface area (TPSA) is 123 Å². The van der Waals surface area contributed by atoms with Crippen LogP contribution in [0.2, 0.25) is 0 Å². The molecule has 0 spiro atoms. The second-order valence-corrected chi connectivity index (χ2v) is 6.67. The SMILES string of the molecule is CC(C)C1CCC(C)(O)C(C(=O)O)C1c1c[nH]c(=O)[nH]c1=O. The number of aromatic amines is 2. The van der Waals surface area contributed by atoms with Crippen LogP contribution in [0.4, 0.5) is 0 Å². The summed E-state index contributed by atoms with van der Waals surface area (Å²) in [6.07, 6.45) is 2.26. The fourth-order valence-electron chi connectivity index (χ4n) is 3.67. The molecule has 122 valence electrons. The monoisotopic (exact) mass is 310 g/mol. The summed E-state index contributed by atoms with van der Waals surface area (Å²) in [5, 5.41) is 20.1. The third kappa shape index (κ3) is 2.85. The van der Waals surface area contributed by atoms with E-state index in [4.69, 9.17) is 0 Å². The van der Waals surface area contributed by atoms with E-state index in [2.05, 4.69) is 9.97 Å². The zero-order valence-corrected chi connectivity index (χ0v) is 12.9. The summed E-state index contributed by atoms with van der Waals surface area (Å²) in [5.74, 6) is -2.80. The van der Waals surface area contributed by atoms with E-state index >= 15 is 0 Å². The van der Waals surface area contributed by atoms with Crippen molar-refractivity contribution in [2.75, 3.05) is 0 Å². The van der Waals surface area contributed by atoms with E-state index in [-0.39, 0.29) is 17.4 Å². The van der Waals surface area contributed by atoms with Crippen LogP contribution < -0.4 is 11.2 Å². The molecule has 2 rings (SSSR count). The van der Waals surface area contributed by atoms with Crippen molar-refractivity contribution in [1.82, 2.24) is 9.97 Å². The summed E-state index contributed by atoms with van der Waals surface area (Å²) < 4.78 is 0. The molecule has 4 N–H and O–H groups in total. The first-order chi connectivity index (χ1) is 10.1. The minimum atomic E-state index is -1.40. The molecule has 0 aliphatic heterocycles. The third-order valence-electron chi connectivity index (χ3n) is 4.80. The highest BCUT2D eigenvalue weighted by atomic mass is 16.4. The van der Waals surface area contributed by atoms with Gasteiger partial charge in [-0.2, -0.15) is 0 Å². The van der Waals surface area contributed by atoms with Gasteiger partial charge in [-0.1, -0.05) is 13.8 Å². The van der Waals surface area contributed by atoms with Gasteiger partial charge in [0.15, 0.2) is 0 Å². The van der Waals surface area contributed by atoms with Gasteiger partial charge in [0.1, 0.15) is 0 Å². The standard InChI is InChI=1S/C15H22N2O5/c1-7(2)8-4-5-15(3,22)11(13(19)20)10(8)9-6-16-14(21)17-12(9)18/h6-8,10-11,22H,4-5H2,1-3H3,(H,19,20)(H2,16,17,18,21). The lowest BCUT2D eigenvalue weighted by Gasteiger charge is -2.46. The number of carbonyl (C=O) groups is 1. The van der Waals surface area contributed by atoms with E-state index in [1.54, 1.807) is 0 Å². The highest BCUT2D eigenvalue weighted by molar-refractivity contribution is 5.73. The number of hydrogen-bond donors (Lipinski definition) is 4. The lowest BCUT2D eigenvalue weighted by atomic mass is 9.60. The van der Waals surface area contributed by atoms with Crippen molar-refractivity contribution in [3.05, 3.63) is 32.6 Å². The summed E-state index contributed by atoms with van der Waals surface area (Å²) >= 11 is 0. The smallest absolute Gasteiger partial charge is 0.325 e. The zero-order valence-electron chi connectivity index (χ0n) is 12.9. The second-order valence-electron chi connectivity index (χ2n) is 6.67. The van der Waals surface area contributed by atoms with Crippen LogP contribution in [0.3, 0.4) is 0 Å². The predicted molar refractivity (Wildman–Crippen MR) is 79.7 cm³/mol. The molecule has 0 aromatic carbocycles. The Kier molecular flexibility index (Phi) is 4.28. The largest absolute Gasteiger partial charge is 0.481 e. The number of aromatic nitrogens is 2. The van der Waals surface area contributed by atoms with E-state index in [1.165, 1.54) is 13.1 Å². The lowest BCUT2D eigenvalue weighted by Crippen LogP contribution is -2.51. The number of rotatable bonds is 3. The molecule has 1 fully saturated rings. The summed E-state index contributed by atoms with van der Waals surface area (Å²) in [6, 6.07) is 0. The Hall–Kier alpha value is -1.89. The molecule has 4 unspecified atom stereocenters. The quantitative estimate of drug-likeness (QED) is 0.653. The Morgan fingerprint density at radius 1 is 1.41 bits per heavy atom. The molecular formula is C15H22N2O5.